The first-order valence-corrected chi connectivity index (χ1v) is 7.11. The molecule has 144 valence electrons. The molecule has 1 aromatic heterocycles. The summed E-state index contributed by atoms with van der Waals surface area (Å²) < 4.78 is 75.8. The zero-order valence-electron chi connectivity index (χ0n) is 13.1. The Balaban J connectivity index is 2.23. The number of halogens is 6. The molecule has 27 heavy (non-hydrogen) atoms. The van der Waals surface area contributed by atoms with Gasteiger partial charge in [-0.3, -0.25) is 14.6 Å². The van der Waals surface area contributed by atoms with Crippen molar-refractivity contribution in [1.82, 2.24) is 4.98 Å². The van der Waals surface area contributed by atoms with E-state index in [1.165, 1.54) is 17.6 Å². The van der Waals surface area contributed by atoms with Crippen LogP contribution in [-0.4, -0.2) is 39.7 Å². The molecule has 0 aliphatic carbocycles. The van der Waals surface area contributed by atoms with Crippen molar-refractivity contribution in [2.24, 2.45) is 0 Å². The fraction of sp³-hybridized carbons (Fsp3) is 0.188. The van der Waals surface area contributed by atoms with Gasteiger partial charge in [0, 0.05) is 17.4 Å². The number of ketones is 1. The Hall–Kier alpha value is -2.95. The van der Waals surface area contributed by atoms with Crippen LogP contribution < -0.4 is 5.32 Å². The Labute approximate surface area is 147 Å². The van der Waals surface area contributed by atoms with E-state index in [0.717, 1.165) is 24.3 Å². The number of hydrogen-bond acceptors (Lipinski definition) is 4. The number of nitrogens with one attached hydrogen (secondary N) is 1. The number of alkyl halides is 6. The molecule has 0 unspecified atom stereocenters. The zero-order valence-corrected chi connectivity index (χ0v) is 13.1. The Kier molecular flexibility index (Phi) is 5.27. The standard InChI is InChI=1S/C16H10F6N2O3/c17-15(18,19)14(27,16(20,21)22)13(26)24-10-6-4-9(5-7-10)12(25)11-3-1-2-8-23-11/h1-8,27H,(H,24,26). The van der Waals surface area contributed by atoms with Crippen LogP contribution in [0.1, 0.15) is 16.1 Å². The molecule has 11 heteroatoms. The first-order chi connectivity index (χ1) is 12.4. The second-order valence-electron chi connectivity index (χ2n) is 5.28. The smallest absolute Gasteiger partial charge is 0.366 e. The molecule has 0 bridgehead atoms. The predicted molar refractivity (Wildman–Crippen MR) is 79.8 cm³/mol. The van der Waals surface area contributed by atoms with Crippen molar-refractivity contribution >= 4 is 17.4 Å². The second kappa shape index (κ2) is 6.99. The zero-order chi connectivity index (χ0) is 20.5. The molecule has 0 saturated heterocycles. The van der Waals surface area contributed by atoms with E-state index in [2.05, 4.69) is 4.98 Å². The number of carbonyl (C=O) groups excluding carboxylic acids is 2. The molecule has 1 amide bonds. The van der Waals surface area contributed by atoms with Crippen molar-refractivity contribution in [2.75, 3.05) is 5.32 Å². The molecule has 0 saturated carbocycles. The third-order valence-electron chi connectivity index (χ3n) is 3.45. The van der Waals surface area contributed by atoms with Crippen LogP contribution in [-0.2, 0) is 4.79 Å². The molecule has 0 spiro atoms. The van der Waals surface area contributed by atoms with Crippen LogP contribution in [0.15, 0.2) is 48.7 Å². The van der Waals surface area contributed by atoms with E-state index in [-0.39, 0.29) is 11.3 Å². The van der Waals surface area contributed by atoms with Gasteiger partial charge in [-0.2, -0.15) is 26.3 Å². The Bertz CT molecular complexity index is 818. The monoisotopic (exact) mass is 392 g/mol. The van der Waals surface area contributed by atoms with Gasteiger partial charge in [0.15, 0.2) is 0 Å². The topological polar surface area (TPSA) is 79.3 Å². The number of benzene rings is 1. The van der Waals surface area contributed by atoms with Crippen LogP contribution in [0.4, 0.5) is 32.0 Å². The number of rotatable bonds is 4. The van der Waals surface area contributed by atoms with E-state index in [9.17, 15) is 35.9 Å². The molecule has 2 N–H and O–H groups in total. The van der Waals surface area contributed by atoms with Gasteiger partial charge in [0.25, 0.3) is 5.91 Å². The fourth-order valence-corrected chi connectivity index (χ4v) is 1.99. The van der Waals surface area contributed by atoms with Crippen molar-refractivity contribution < 1.29 is 41.0 Å². The molecule has 5 nitrogen and oxygen atoms in total. The first kappa shape index (κ1) is 20.4. The van der Waals surface area contributed by atoms with Gasteiger partial charge in [0.1, 0.15) is 5.69 Å². The molecular weight excluding hydrogens is 382 g/mol. The van der Waals surface area contributed by atoms with E-state index in [1.54, 1.807) is 12.1 Å². The molecule has 1 aromatic carbocycles. The van der Waals surface area contributed by atoms with Crippen molar-refractivity contribution in [1.29, 1.82) is 0 Å². The van der Waals surface area contributed by atoms with Gasteiger partial charge in [-0.25, -0.2) is 0 Å². The number of anilines is 1. The maximum atomic E-state index is 12.6. The Morgan fingerprint density at radius 1 is 0.889 bits per heavy atom. The van der Waals surface area contributed by atoms with Gasteiger partial charge in [0.05, 0.1) is 0 Å². The maximum absolute atomic E-state index is 12.6. The van der Waals surface area contributed by atoms with E-state index in [0.29, 0.717) is 0 Å². The van der Waals surface area contributed by atoms with E-state index >= 15 is 0 Å². The highest BCUT2D eigenvalue weighted by Crippen LogP contribution is 2.43. The first-order valence-electron chi connectivity index (χ1n) is 7.11. The summed E-state index contributed by atoms with van der Waals surface area (Å²) >= 11 is 0. The van der Waals surface area contributed by atoms with E-state index in [1.807, 2.05) is 0 Å². The van der Waals surface area contributed by atoms with Gasteiger partial charge < -0.3 is 10.4 Å². The highest BCUT2D eigenvalue weighted by atomic mass is 19.4. The van der Waals surface area contributed by atoms with Gasteiger partial charge >= 0.3 is 18.0 Å². The number of hydrogen-bond donors (Lipinski definition) is 2. The summed E-state index contributed by atoms with van der Waals surface area (Å²) in [5, 5.41) is 10.3. The lowest BCUT2D eigenvalue weighted by Crippen LogP contribution is -2.64. The molecule has 2 aromatic rings. The minimum atomic E-state index is -6.29. The quantitative estimate of drug-likeness (QED) is 0.619. The summed E-state index contributed by atoms with van der Waals surface area (Å²) in [7, 11) is 0. The van der Waals surface area contributed by atoms with Crippen molar-refractivity contribution in [3.05, 3.63) is 59.9 Å². The maximum Gasteiger partial charge on any atom is 0.435 e. The van der Waals surface area contributed by atoms with Crippen LogP contribution in [0.2, 0.25) is 0 Å². The summed E-state index contributed by atoms with van der Waals surface area (Å²) in [6, 6.07) is 8.51. The van der Waals surface area contributed by atoms with Crippen LogP contribution in [0.5, 0.6) is 0 Å². The largest absolute Gasteiger partial charge is 0.435 e. The van der Waals surface area contributed by atoms with Crippen LogP contribution in [0.25, 0.3) is 0 Å². The summed E-state index contributed by atoms with van der Waals surface area (Å²) in [6.07, 6.45) is -11.2. The minimum absolute atomic E-state index is 0.0357. The Morgan fingerprint density at radius 3 is 1.89 bits per heavy atom. The average Bonchev–Trinajstić information content (AvgIpc) is 2.59. The Morgan fingerprint density at radius 2 is 1.44 bits per heavy atom. The van der Waals surface area contributed by atoms with Gasteiger partial charge in [-0.15, -0.1) is 0 Å². The number of carbonyl (C=O) groups is 2. The summed E-state index contributed by atoms with van der Waals surface area (Å²) in [4.78, 5) is 27.4. The lowest BCUT2D eigenvalue weighted by molar-refractivity contribution is -0.348. The van der Waals surface area contributed by atoms with Crippen LogP contribution in [0, 0.1) is 0 Å². The van der Waals surface area contributed by atoms with Crippen LogP contribution >= 0.6 is 0 Å². The van der Waals surface area contributed by atoms with Crippen LogP contribution in [0.3, 0.4) is 0 Å². The number of aromatic nitrogens is 1. The van der Waals surface area contributed by atoms with Crippen molar-refractivity contribution in [3.63, 3.8) is 0 Å². The number of nitrogens with zero attached hydrogens (tertiary/aromatic N) is 1. The molecule has 0 aliphatic rings. The van der Waals surface area contributed by atoms with Gasteiger partial charge in [-0.1, -0.05) is 6.07 Å². The summed E-state index contributed by atoms with van der Waals surface area (Å²) in [5.41, 5.74) is -5.96. The number of amides is 1. The number of aliphatic hydroxyl groups is 1. The minimum Gasteiger partial charge on any atom is -0.366 e. The van der Waals surface area contributed by atoms with Gasteiger partial charge in [-0.05, 0) is 36.4 Å². The lowest BCUT2D eigenvalue weighted by Gasteiger charge is -2.30. The fourth-order valence-electron chi connectivity index (χ4n) is 1.99. The lowest BCUT2D eigenvalue weighted by atomic mass is 10.0. The van der Waals surface area contributed by atoms with Gasteiger partial charge in [0.2, 0.25) is 5.78 Å². The molecule has 0 atom stereocenters. The normalized spacial score (nSPS) is 12.6. The second-order valence-corrected chi connectivity index (χ2v) is 5.28. The SMILES string of the molecule is O=C(c1ccc(NC(=O)C(O)(C(F)(F)F)C(F)(F)F)cc1)c1ccccn1. The van der Waals surface area contributed by atoms with Crippen molar-refractivity contribution in [3.8, 4) is 0 Å². The molecule has 1 heterocycles. The number of pyridine rings is 1. The summed E-state index contributed by atoms with van der Waals surface area (Å²) in [5.74, 6) is -3.26. The summed E-state index contributed by atoms with van der Waals surface area (Å²) in [6.45, 7) is 0. The third-order valence-corrected chi connectivity index (χ3v) is 3.45. The molecule has 0 radical (unpaired) electrons. The van der Waals surface area contributed by atoms with Crippen molar-refractivity contribution in [2.45, 2.75) is 18.0 Å². The third kappa shape index (κ3) is 3.92. The van der Waals surface area contributed by atoms with E-state index < -0.39 is 35.3 Å². The molecule has 0 fully saturated rings. The highest BCUT2D eigenvalue weighted by Gasteiger charge is 2.75. The molecule has 0 aliphatic heterocycles. The predicted octanol–water partition coefficient (Wildman–Crippen LogP) is 3.11. The molecular formula is C16H10F6N2O3. The highest BCUT2D eigenvalue weighted by molar-refractivity contribution is 6.08. The molecule has 2 rings (SSSR count). The van der Waals surface area contributed by atoms with E-state index in [4.69, 9.17) is 5.11 Å². The average molecular weight is 392 g/mol.